The summed E-state index contributed by atoms with van der Waals surface area (Å²) >= 11 is 1.62. The van der Waals surface area contributed by atoms with Crippen molar-refractivity contribution in [1.29, 1.82) is 0 Å². The third-order valence-electron chi connectivity index (χ3n) is 4.07. The molecular weight excluding hydrogens is 316 g/mol. The summed E-state index contributed by atoms with van der Waals surface area (Å²) in [6.07, 6.45) is 4.16. The molecule has 0 aliphatic heterocycles. The average Bonchev–Trinajstić information content (AvgIpc) is 3.16. The summed E-state index contributed by atoms with van der Waals surface area (Å²) in [5.74, 6) is 0. The molecule has 2 aromatic heterocycles. The third-order valence-corrected chi connectivity index (χ3v) is 4.78. The summed E-state index contributed by atoms with van der Waals surface area (Å²) in [6, 6.07) is 16.5. The number of thiophene rings is 1. The molecule has 0 radical (unpaired) electrons. The molecule has 0 fully saturated rings. The Morgan fingerprint density at radius 1 is 1.00 bits per heavy atom. The molecule has 4 heteroatoms. The SMILES string of the molecule is OC(CN(CCc1ccncc1)Cc1ccccc1)c1ccsc1. The molecule has 3 nitrogen and oxygen atoms in total. The number of aliphatic hydroxyl groups excluding tert-OH is 1. The second-order valence-electron chi connectivity index (χ2n) is 5.90. The van der Waals surface area contributed by atoms with Crippen LogP contribution in [0.3, 0.4) is 0 Å². The fraction of sp³-hybridized carbons (Fsp3) is 0.250. The number of hydrogen-bond donors (Lipinski definition) is 1. The summed E-state index contributed by atoms with van der Waals surface area (Å²) in [6.45, 7) is 2.38. The number of aliphatic hydroxyl groups is 1. The van der Waals surface area contributed by atoms with Gasteiger partial charge in [0.2, 0.25) is 0 Å². The zero-order valence-electron chi connectivity index (χ0n) is 13.6. The van der Waals surface area contributed by atoms with E-state index in [-0.39, 0.29) is 0 Å². The predicted octanol–water partition coefficient (Wildman–Crippen LogP) is 3.92. The molecule has 0 bridgehead atoms. The van der Waals surface area contributed by atoms with E-state index in [4.69, 9.17) is 0 Å². The van der Waals surface area contributed by atoms with Crippen molar-refractivity contribution in [3.05, 3.63) is 88.4 Å². The van der Waals surface area contributed by atoms with Crippen LogP contribution in [0.15, 0.2) is 71.7 Å². The summed E-state index contributed by atoms with van der Waals surface area (Å²) in [5.41, 5.74) is 3.54. The van der Waals surface area contributed by atoms with Crippen LogP contribution in [0.4, 0.5) is 0 Å². The monoisotopic (exact) mass is 338 g/mol. The largest absolute Gasteiger partial charge is 0.387 e. The van der Waals surface area contributed by atoms with Gasteiger partial charge in [-0.25, -0.2) is 0 Å². The molecule has 1 aromatic carbocycles. The quantitative estimate of drug-likeness (QED) is 0.676. The summed E-state index contributed by atoms with van der Waals surface area (Å²) in [7, 11) is 0. The maximum Gasteiger partial charge on any atom is 0.0925 e. The highest BCUT2D eigenvalue weighted by Crippen LogP contribution is 2.19. The van der Waals surface area contributed by atoms with Gasteiger partial charge in [-0.2, -0.15) is 11.3 Å². The standard InChI is InChI=1S/C20H22N2OS/c23-20(19-9-13-24-16-19)15-22(14-18-4-2-1-3-5-18)12-8-17-6-10-21-11-7-17/h1-7,9-11,13,16,20,23H,8,12,14-15H2. The number of benzene rings is 1. The Morgan fingerprint density at radius 2 is 1.79 bits per heavy atom. The van der Waals surface area contributed by atoms with E-state index in [0.717, 1.165) is 25.1 Å². The topological polar surface area (TPSA) is 36.4 Å². The highest BCUT2D eigenvalue weighted by atomic mass is 32.1. The van der Waals surface area contributed by atoms with Crippen molar-refractivity contribution in [1.82, 2.24) is 9.88 Å². The smallest absolute Gasteiger partial charge is 0.0925 e. The first-order chi connectivity index (χ1) is 11.8. The van der Waals surface area contributed by atoms with E-state index >= 15 is 0 Å². The summed E-state index contributed by atoms with van der Waals surface area (Å²) in [5, 5.41) is 14.5. The van der Waals surface area contributed by atoms with Crippen LogP contribution in [0, 0.1) is 0 Å². The second-order valence-corrected chi connectivity index (χ2v) is 6.68. The van der Waals surface area contributed by atoms with E-state index in [2.05, 4.69) is 46.3 Å². The van der Waals surface area contributed by atoms with Gasteiger partial charge < -0.3 is 5.11 Å². The van der Waals surface area contributed by atoms with Gasteiger partial charge in [-0.1, -0.05) is 30.3 Å². The molecule has 3 aromatic rings. The first-order valence-electron chi connectivity index (χ1n) is 8.16. The number of pyridine rings is 1. The molecular formula is C20H22N2OS. The van der Waals surface area contributed by atoms with Crippen LogP contribution in [-0.2, 0) is 13.0 Å². The average molecular weight is 338 g/mol. The molecule has 124 valence electrons. The lowest BCUT2D eigenvalue weighted by molar-refractivity contribution is 0.110. The van der Waals surface area contributed by atoms with Crippen molar-refractivity contribution < 1.29 is 5.11 Å². The van der Waals surface area contributed by atoms with Crippen molar-refractivity contribution in [2.24, 2.45) is 0 Å². The van der Waals surface area contributed by atoms with E-state index in [0.29, 0.717) is 6.54 Å². The van der Waals surface area contributed by atoms with Crippen molar-refractivity contribution >= 4 is 11.3 Å². The molecule has 0 amide bonds. The van der Waals surface area contributed by atoms with Gasteiger partial charge >= 0.3 is 0 Å². The first-order valence-corrected chi connectivity index (χ1v) is 9.11. The number of rotatable bonds is 8. The van der Waals surface area contributed by atoms with Crippen molar-refractivity contribution in [2.45, 2.75) is 19.1 Å². The Morgan fingerprint density at radius 3 is 2.50 bits per heavy atom. The molecule has 1 N–H and O–H groups in total. The molecule has 0 aliphatic carbocycles. The highest BCUT2D eigenvalue weighted by Gasteiger charge is 2.14. The Kier molecular flexibility index (Phi) is 6.13. The van der Waals surface area contributed by atoms with Crippen LogP contribution in [-0.4, -0.2) is 28.1 Å². The van der Waals surface area contributed by atoms with Gasteiger partial charge in [0, 0.05) is 32.0 Å². The number of aromatic nitrogens is 1. The van der Waals surface area contributed by atoms with Gasteiger partial charge in [-0.15, -0.1) is 0 Å². The Hall–Kier alpha value is -2.01. The zero-order chi connectivity index (χ0) is 16.6. The van der Waals surface area contributed by atoms with Crippen LogP contribution in [0.25, 0.3) is 0 Å². The van der Waals surface area contributed by atoms with E-state index in [9.17, 15) is 5.11 Å². The van der Waals surface area contributed by atoms with Gasteiger partial charge in [0.15, 0.2) is 0 Å². The maximum absolute atomic E-state index is 10.5. The fourth-order valence-corrected chi connectivity index (χ4v) is 3.43. The van der Waals surface area contributed by atoms with Crippen molar-refractivity contribution in [3.63, 3.8) is 0 Å². The van der Waals surface area contributed by atoms with Crippen LogP contribution in [0.1, 0.15) is 22.8 Å². The molecule has 0 spiro atoms. The Labute approximate surface area is 147 Å². The Balaban J connectivity index is 1.65. The van der Waals surface area contributed by atoms with E-state index < -0.39 is 6.10 Å². The highest BCUT2D eigenvalue weighted by molar-refractivity contribution is 7.07. The lowest BCUT2D eigenvalue weighted by Crippen LogP contribution is -2.30. The van der Waals surface area contributed by atoms with E-state index in [1.54, 1.807) is 11.3 Å². The minimum Gasteiger partial charge on any atom is -0.387 e. The van der Waals surface area contributed by atoms with Crippen LogP contribution < -0.4 is 0 Å². The van der Waals surface area contributed by atoms with Gasteiger partial charge in [-0.05, 0) is 52.1 Å². The van der Waals surface area contributed by atoms with E-state index in [1.165, 1.54) is 11.1 Å². The van der Waals surface area contributed by atoms with Crippen LogP contribution in [0.2, 0.25) is 0 Å². The lowest BCUT2D eigenvalue weighted by atomic mass is 10.1. The van der Waals surface area contributed by atoms with Gasteiger partial charge in [0.1, 0.15) is 0 Å². The fourth-order valence-electron chi connectivity index (χ4n) is 2.73. The Bertz CT molecular complexity index is 701. The van der Waals surface area contributed by atoms with Crippen molar-refractivity contribution in [3.8, 4) is 0 Å². The first kappa shape index (κ1) is 16.8. The normalized spacial score (nSPS) is 12.4. The van der Waals surface area contributed by atoms with Gasteiger partial charge in [-0.3, -0.25) is 9.88 Å². The minimum atomic E-state index is -0.447. The van der Waals surface area contributed by atoms with Crippen LogP contribution in [0.5, 0.6) is 0 Å². The molecule has 3 rings (SSSR count). The number of hydrogen-bond acceptors (Lipinski definition) is 4. The molecule has 24 heavy (non-hydrogen) atoms. The zero-order valence-corrected chi connectivity index (χ0v) is 14.4. The van der Waals surface area contributed by atoms with E-state index in [1.807, 2.05) is 35.3 Å². The third kappa shape index (κ3) is 4.99. The molecule has 0 saturated carbocycles. The van der Waals surface area contributed by atoms with Gasteiger partial charge in [0.25, 0.3) is 0 Å². The number of nitrogens with zero attached hydrogens (tertiary/aromatic N) is 2. The molecule has 0 aliphatic rings. The molecule has 1 atom stereocenters. The molecule has 2 heterocycles. The lowest BCUT2D eigenvalue weighted by Gasteiger charge is -2.25. The van der Waals surface area contributed by atoms with Crippen molar-refractivity contribution in [2.75, 3.05) is 13.1 Å². The van der Waals surface area contributed by atoms with Gasteiger partial charge in [0.05, 0.1) is 6.10 Å². The molecule has 0 saturated heterocycles. The minimum absolute atomic E-state index is 0.447. The predicted molar refractivity (Wildman–Crippen MR) is 98.9 cm³/mol. The van der Waals surface area contributed by atoms with Crippen LogP contribution >= 0.6 is 11.3 Å². The maximum atomic E-state index is 10.5. The summed E-state index contributed by atoms with van der Waals surface area (Å²) in [4.78, 5) is 6.39. The molecule has 1 unspecified atom stereocenters. The summed E-state index contributed by atoms with van der Waals surface area (Å²) < 4.78 is 0. The second kappa shape index (κ2) is 8.73.